The van der Waals surface area contributed by atoms with Crippen LogP contribution in [0.1, 0.15) is 18.9 Å². The molecular formula is C12H9ClF2N2O. The highest BCUT2D eigenvalue weighted by Crippen LogP contribution is 2.39. The fourth-order valence-electron chi connectivity index (χ4n) is 2.12. The molecule has 3 rings (SSSR count). The van der Waals surface area contributed by atoms with Gasteiger partial charge in [0, 0.05) is 18.3 Å². The van der Waals surface area contributed by atoms with E-state index in [4.69, 9.17) is 17.3 Å². The SMILES string of the molecule is Nc1c(F)c(Cl)c(F)c2c1c(=O)ccn2C1CC1. The number of nitrogens with zero attached hydrogens (tertiary/aromatic N) is 1. The van der Waals surface area contributed by atoms with Crippen molar-refractivity contribution in [3.63, 3.8) is 0 Å². The lowest BCUT2D eigenvalue weighted by Crippen LogP contribution is -2.12. The number of anilines is 1. The minimum Gasteiger partial charge on any atom is -0.396 e. The lowest BCUT2D eigenvalue weighted by atomic mass is 10.1. The molecule has 0 atom stereocenters. The lowest BCUT2D eigenvalue weighted by Gasteiger charge is -2.13. The van der Waals surface area contributed by atoms with Gasteiger partial charge in [0.2, 0.25) is 0 Å². The molecule has 3 nitrogen and oxygen atoms in total. The Morgan fingerprint density at radius 3 is 2.61 bits per heavy atom. The quantitative estimate of drug-likeness (QED) is 0.640. The van der Waals surface area contributed by atoms with Crippen molar-refractivity contribution in [2.75, 3.05) is 5.73 Å². The Kier molecular flexibility index (Phi) is 2.35. The molecule has 0 bridgehead atoms. The van der Waals surface area contributed by atoms with Crippen molar-refractivity contribution in [3.05, 3.63) is 39.1 Å². The molecule has 0 saturated heterocycles. The van der Waals surface area contributed by atoms with Crippen molar-refractivity contribution in [1.82, 2.24) is 4.57 Å². The molecule has 1 saturated carbocycles. The van der Waals surface area contributed by atoms with Crippen molar-refractivity contribution in [2.24, 2.45) is 0 Å². The largest absolute Gasteiger partial charge is 0.396 e. The van der Waals surface area contributed by atoms with E-state index < -0.39 is 27.8 Å². The second-order valence-corrected chi connectivity index (χ2v) is 4.78. The summed E-state index contributed by atoms with van der Waals surface area (Å²) in [7, 11) is 0. The smallest absolute Gasteiger partial charge is 0.191 e. The van der Waals surface area contributed by atoms with Crippen LogP contribution in [0.15, 0.2) is 17.1 Å². The van der Waals surface area contributed by atoms with Crippen LogP contribution in [0.25, 0.3) is 10.9 Å². The molecule has 1 aliphatic rings. The third-order valence-electron chi connectivity index (χ3n) is 3.17. The van der Waals surface area contributed by atoms with Crippen LogP contribution in [-0.2, 0) is 0 Å². The van der Waals surface area contributed by atoms with Crippen molar-refractivity contribution in [2.45, 2.75) is 18.9 Å². The van der Waals surface area contributed by atoms with Crippen LogP contribution in [0.3, 0.4) is 0 Å². The molecule has 1 aromatic heterocycles. The molecule has 1 heterocycles. The average molecular weight is 271 g/mol. The number of rotatable bonds is 1. The third kappa shape index (κ3) is 1.43. The Balaban J connectivity index is 2.56. The first-order valence-corrected chi connectivity index (χ1v) is 5.87. The summed E-state index contributed by atoms with van der Waals surface area (Å²) in [5, 5.41) is -0.802. The van der Waals surface area contributed by atoms with Crippen LogP contribution >= 0.6 is 11.6 Å². The first kappa shape index (κ1) is 11.5. The monoisotopic (exact) mass is 270 g/mol. The molecule has 0 aliphatic heterocycles. The number of hydrogen-bond acceptors (Lipinski definition) is 2. The Hall–Kier alpha value is -1.62. The Labute approximate surface area is 106 Å². The van der Waals surface area contributed by atoms with Crippen molar-refractivity contribution >= 4 is 28.2 Å². The van der Waals surface area contributed by atoms with Crippen molar-refractivity contribution in [1.29, 1.82) is 0 Å². The summed E-state index contributed by atoms with van der Waals surface area (Å²) in [4.78, 5) is 11.7. The molecule has 2 aromatic rings. The molecule has 0 unspecified atom stereocenters. The number of nitrogen functional groups attached to an aromatic ring is 1. The van der Waals surface area contributed by atoms with Gasteiger partial charge in [0.05, 0.1) is 16.6 Å². The maximum Gasteiger partial charge on any atom is 0.191 e. The van der Waals surface area contributed by atoms with Gasteiger partial charge in [-0.05, 0) is 12.8 Å². The topological polar surface area (TPSA) is 48.0 Å². The summed E-state index contributed by atoms with van der Waals surface area (Å²) >= 11 is 5.57. The summed E-state index contributed by atoms with van der Waals surface area (Å²) in [6.45, 7) is 0. The van der Waals surface area contributed by atoms with E-state index in [1.165, 1.54) is 12.3 Å². The van der Waals surface area contributed by atoms with Gasteiger partial charge in [-0.1, -0.05) is 11.6 Å². The summed E-state index contributed by atoms with van der Waals surface area (Å²) in [6.07, 6.45) is 3.29. The number of halogens is 3. The summed E-state index contributed by atoms with van der Waals surface area (Å²) in [5.41, 5.74) is 4.64. The highest BCUT2D eigenvalue weighted by molar-refractivity contribution is 6.32. The van der Waals surface area contributed by atoms with E-state index in [0.29, 0.717) is 0 Å². The van der Waals surface area contributed by atoms with Gasteiger partial charge in [-0.15, -0.1) is 0 Å². The minimum absolute atomic E-state index is 0.00565. The predicted molar refractivity (Wildman–Crippen MR) is 65.8 cm³/mol. The number of hydrogen-bond donors (Lipinski definition) is 1. The fraction of sp³-hybridized carbons (Fsp3) is 0.250. The van der Waals surface area contributed by atoms with E-state index in [2.05, 4.69) is 0 Å². The molecule has 2 N–H and O–H groups in total. The Morgan fingerprint density at radius 2 is 2.00 bits per heavy atom. The number of aromatic nitrogens is 1. The summed E-state index contributed by atoms with van der Waals surface area (Å²) < 4.78 is 29.3. The number of fused-ring (bicyclic) bond motifs is 1. The summed E-state index contributed by atoms with van der Waals surface area (Å²) in [6, 6.07) is 1.40. The fourth-order valence-corrected chi connectivity index (χ4v) is 2.31. The van der Waals surface area contributed by atoms with Gasteiger partial charge in [-0.3, -0.25) is 4.79 Å². The van der Waals surface area contributed by atoms with E-state index in [0.717, 1.165) is 12.8 Å². The number of pyridine rings is 1. The summed E-state index contributed by atoms with van der Waals surface area (Å²) in [5.74, 6) is -2.00. The van der Waals surface area contributed by atoms with E-state index >= 15 is 0 Å². The molecule has 0 amide bonds. The zero-order valence-electron chi connectivity index (χ0n) is 9.21. The van der Waals surface area contributed by atoms with Crippen LogP contribution in [0.4, 0.5) is 14.5 Å². The second-order valence-electron chi connectivity index (χ2n) is 4.40. The zero-order valence-corrected chi connectivity index (χ0v) is 9.97. The Morgan fingerprint density at radius 1 is 1.33 bits per heavy atom. The maximum absolute atomic E-state index is 14.1. The third-order valence-corrected chi connectivity index (χ3v) is 3.50. The van der Waals surface area contributed by atoms with Gasteiger partial charge in [0.15, 0.2) is 17.1 Å². The van der Waals surface area contributed by atoms with E-state index in [1.807, 2.05) is 0 Å². The molecule has 18 heavy (non-hydrogen) atoms. The second kappa shape index (κ2) is 3.68. The first-order chi connectivity index (χ1) is 8.52. The normalized spacial score (nSPS) is 15.3. The van der Waals surface area contributed by atoms with Crippen molar-refractivity contribution < 1.29 is 8.78 Å². The molecular weight excluding hydrogens is 262 g/mol. The van der Waals surface area contributed by atoms with Crippen LogP contribution in [-0.4, -0.2) is 4.57 Å². The minimum atomic E-state index is -1.08. The van der Waals surface area contributed by atoms with Gasteiger partial charge in [0.25, 0.3) is 0 Å². The predicted octanol–water partition coefficient (Wildman–Crippen LogP) is 2.85. The molecule has 0 spiro atoms. The van der Waals surface area contributed by atoms with Gasteiger partial charge >= 0.3 is 0 Å². The van der Waals surface area contributed by atoms with Gasteiger partial charge in [0.1, 0.15) is 5.02 Å². The number of benzene rings is 1. The van der Waals surface area contributed by atoms with Gasteiger partial charge in [-0.25, -0.2) is 8.78 Å². The molecule has 1 aromatic carbocycles. The molecule has 1 fully saturated rings. The molecule has 94 valence electrons. The van der Waals surface area contributed by atoms with E-state index in [-0.39, 0.29) is 16.9 Å². The van der Waals surface area contributed by atoms with Crippen LogP contribution in [0.5, 0.6) is 0 Å². The number of nitrogens with two attached hydrogens (primary N) is 1. The first-order valence-electron chi connectivity index (χ1n) is 5.49. The maximum atomic E-state index is 14.1. The van der Waals surface area contributed by atoms with E-state index in [1.54, 1.807) is 4.57 Å². The van der Waals surface area contributed by atoms with Crippen LogP contribution in [0.2, 0.25) is 5.02 Å². The standard InChI is InChI=1S/C12H9ClF2N2O/c13-8-9(14)11(16)7-6(18)3-4-17(5-1-2-5)12(7)10(8)15/h3-5H,1-2,16H2. The van der Waals surface area contributed by atoms with Gasteiger partial charge in [-0.2, -0.15) is 0 Å². The molecule has 0 radical (unpaired) electrons. The Bertz CT molecular complexity index is 722. The van der Waals surface area contributed by atoms with Gasteiger partial charge < -0.3 is 10.3 Å². The lowest BCUT2D eigenvalue weighted by molar-refractivity contribution is 0.587. The molecule has 1 aliphatic carbocycles. The zero-order chi connectivity index (χ0) is 13.0. The van der Waals surface area contributed by atoms with E-state index in [9.17, 15) is 13.6 Å². The highest BCUT2D eigenvalue weighted by atomic mass is 35.5. The van der Waals surface area contributed by atoms with Crippen LogP contribution in [0, 0.1) is 11.6 Å². The highest BCUT2D eigenvalue weighted by Gasteiger charge is 2.28. The van der Waals surface area contributed by atoms with Crippen molar-refractivity contribution in [3.8, 4) is 0 Å². The molecule has 6 heteroatoms. The average Bonchev–Trinajstić information content (AvgIpc) is 3.17. The van der Waals surface area contributed by atoms with Crippen LogP contribution < -0.4 is 11.2 Å².